The Kier molecular flexibility index (Phi) is 4.36. The van der Waals surface area contributed by atoms with Gasteiger partial charge in [-0.25, -0.2) is 0 Å². The largest absolute Gasteiger partial charge is 0.294 e. The second-order valence-corrected chi connectivity index (χ2v) is 5.88. The third-order valence-electron chi connectivity index (χ3n) is 2.73. The fraction of sp³-hybridized carbons (Fsp3) is 0.133. The van der Waals surface area contributed by atoms with Crippen LogP contribution in [0, 0.1) is 6.92 Å². The number of hydrogen-bond donors (Lipinski definition) is 0. The predicted octanol–water partition coefficient (Wildman–Crippen LogP) is 4.95. The molecular weight excluding hydrogens is 356 g/mol. The van der Waals surface area contributed by atoms with Crippen LogP contribution < -0.4 is 0 Å². The fourth-order valence-corrected chi connectivity index (χ4v) is 2.66. The topological polar surface area (TPSA) is 17.1 Å². The third kappa shape index (κ3) is 3.09. The van der Waals surface area contributed by atoms with E-state index in [9.17, 15) is 4.79 Å². The molecule has 0 unspecified atom stereocenters. The first-order valence-corrected chi connectivity index (χ1v) is 7.19. The Morgan fingerprint density at radius 2 is 1.78 bits per heavy atom. The molecule has 0 heterocycles. The maximum Gasteiger partial charge on any atom is 0.168 e. The quantitative estimate of drug-likeness (QED) is 0.701. The summed E-state index contributed by atoms with van der Waals surface area (Å²) < 4.78 is 1.83. The van der Waals surface area contributed by atoms with Crippen LogP contribution in [0.1, 0.15) is 21.5 Å². The van der Waals surface area contributed by atoms with Gasteiger partial charge in [0, 0.05) is 20.9 Å². The van der Waals surface area contributed by atoms with E-state index in [4.69, 9.17) is 0 Å². The van der Waals surface area contributed by atoms with Gasteiger partial charge in [-0.05, 0) is 30.7 Å². The van der Waals surface area contributed by atoms with Gasteiger partial charge in [-0.1, -0.05) is 61.7 Å². The van der Waals surface area contributed by atoms with Crippen LogP contribution in [0.25, 0.3) is 0 Å². The summed E-state index contributed by atoms with van der Waals surface area (Å²) in [5.74, 6) is 0.123. The molecule has 2 aromatic carbocycles. The second-order valence-electron chi connectivity index (χ2n) is 4.17. The molecule has 1 nitrogen and oxygen atoms in total. The SMILES string of the molecule is Cc1ccc(Br)c(C(=O)Cc2ccccc2Br)c1. The van der Waals surface area contributed by atoms with E-state index in [1.165, 1.54) is 0 Å². The highest BCUT2D eigenvalue weighted by molar-refractivity contribution is 9.10. The summed E-state index contributed by atoms with van der Waals surface area (Å²) in [6, 6.07) is 13.6. The van der Waals surface area contributed by atoms with Crippen LogP contribution >= 0.6 is 31.9 Å². The number of carbonyl (C=O) groups is 1. The summed E-state index contributed by atoms with van der Waals surface area (Å²) in [6.45, 7) is 1.99. The lowest BCUT2D eigenvalue weighted by Crippen LogP contribution is -2.05. The van der Waals surface area contributed by atoms with Gasteiger partial charge in [0.15, 0.2) is 5.78 Å². The van der Waals surface area contributed by atoms with E-state index in [0.717, 1.165) is 25.6 Å². The van der Waals surface area contributed by atoms with Crippen LogP contribution in [-0.4, -0.2) is 5.78 Å². The van der Waals surface area contributed by atoms with Gasteiger partial charge in [0.2, 0.25) is 0 Å². The molecule has 3 heteroatoms. The van der Waals surface area contributed by atoms with Gasteiger partial charge in [0.05, 0.1) is 0 Å². The molecular formula is C15H12Br2O. The lowest BCUT2D eigenvalue weighted by Gasteiger charge is -2.06. The summed E-state index contributed by atoms with van der Waals surface area (Å²) >= 11 is 6.90. The first-order valence-electron chi connectivity index (χ1n) is 5.60. The molecule has 0 aliphatic heterocycles. The number of carbonyl (C=O) groups excluding carboxylic acids is 1. The number of aryl methyl sites for hydroxylation is 1. The Labute approximate surface area is 123 Å². The molecule has 0 fully saturated rings. The lowest BCUT2D eigenvalue weighted by atomic mass is 10.0. The fourth-order valence-electron chi connectivity index (χ4n) is 1.76. The monoisotopic (exact) mass is 366 g/mol. The zero-order valence-electron chi connectivity index (χ0n) is 9.91. The van der Waals surface area contributed by atoms with Gasteiger partial charge >= 0.3 is 0 Å². The van der Waals surface area contributed by atoms with Crippen molar-refractivity contribution < 1.29 is 4.79 Å². The van der Waals surface area contributed by atoms with Crippen LogP contribution in [0.3, 0.4) is 0 Å². The zero-order chi connectivity index (χ0) is 13.1. The lowest BCUT2D eigenvalue weighted by molar-refractivity contribution is 0.0992. The van der Waals surface area contributed by atoms with Crippen LogP contribution in [0.2, 0.25) is 0 Å². The highest BCUT2D eigenvalue weighted by Gasteiger charge is 2.12. The van der Waals surface area contributed by atoms with Crippen molar-refractivity contribution in [1.82, 2.24) is 0 Å². The number of hydrogen-bond acceptors (Lipinski definition) is 1. The molecule has 0 aromatic heterocycles. The van der Waals surface area contributed by atoms with Gasteiger partial charge in [0.1, 0.15) is 0 Å². The Hall–Kier alpha value is -0.930. The van der Waals surface area contributed by atoms with Crippen LogP contribution in [0.4, 0.5) is 0 Å². The first kappa shape index (κ1) is 13.5. The number of ketones is 1. The Morgan fingerprint density at radius 1 is 1.06 bits per heavy atom. The van der Waals surface area contributed by atoms with Crippen molar-refractivity contribution in [3.63, 3.8) is 0 Å². The van der Waals surface area contributed by atoms with E-state index in [1.807, 2.05) is 49.4 Å². The minimum Gasteiger partial charge on any atom is -0.294 e. The molecule has 0 aliphatic carbocycles. The van der Waals surface area contributed by atoms with Crippen LogP contribution in [0.5, 0.6) is 0 Å². The van der Waals surface area contributed by atoms with Crippen molar-refractivity contribution in [2.24, 2.45) is 0 Å². The van der Waals surface area contributed by atoms with E-state index in [2.05, 4.69) is 31.9 Å². The van der Waals surface area contributed by atoms with Crippen molar-refractivity contribution >= 4 is 37.6 Å². The molecule has 0 amide bonds. The van der Waals surface area contributed by atoms with Crippen molar-refractivity contribution in [3.05, 3.63) is 68.1 Å². The molecule has 92 valence electrons. The van der Waals surface area contributed by atoms with Crippen molar-refractivity contribution in [3.8, 4) is 0 Å². The molecule has 0 saturated carbocycles. The summed E-state index contributed by atoms with van der Waals surface area (Å²) in [6.07, 6.45) is 0.406. The molecule has 0 bridgehead atoms. The zero-order valence-corrected chi connectivity index (χ0v) is 13.1. The Balaban J connectivity index is 2.28. The molecule has 0 spiro atoms. The molecule has 18 heavy (non-hydrogen) atoms. The van der Waals surface area contributed by atoms with Crippen molar-refractivity contribution in [1.29, 1.82) is 0 Å². The molecule has 0 N–H and O–H groups in total. The van der Waals surface area contributed by atoms with E-state index in [1.54, 1.807) is 0 Å². The third-order valence-corrected chi connectivity index (χ3v) is 4.20. The summed E-state index contributed by atoms with van der Waals surface area (Å²) in [5, 5.41) is 0. The number of halogens is 2. The molecule has 2 rings (SSSR count). The van der Waals surface area contributed by atoms with Crippen LogP contribution in [0.15, 0.2) is 51.4 Å². The standard InChI is InChI=1S/C15H12Br2O/c1-10-6-7-14(17)12(8-10)15(18)9-11-4-2-3-5-13(11)16/h2-8H,9H2,1H3. The molecule has 0 radical (unpaired) electrons. The highest BCUT2D eigenvalue weighted by atomic mass is 79.9. The minimum atomic E-state index is 0.123. The van der Waals surface area contributed by atoms with Gasteiger partial charge in [0.25, 0.3) is 0 Å². The van der Waals surface area contributed by atoms with Gasteiger partial charge in [-0.2, -0.15) is 0 Å². The highest BCUT2D eigenvalue weighted by Crippen LogP contribution is 2.22. The van der Waals surface area contributed by atoms with E-state index in [0.29, 0.717) is 6.42 Å². The van der Waals surface area contributed by atoms with Gasteiger partial charge in [-0.3, -0.25) is 4.79 Å². The summed E-state index contributed by atoms with van der Waals surface area (Å²) in [7, 11) is 0. The smallest absolute Gasteiger partial charge is 0.168 e. The average Bonchev–Trinajstić information content (AvgIpc) is 2.35. The Morgan fingerprint density at radius 3 is 2.50 bits per heavy atom. The maximum absolute atomic E-state index is 12.3. The van der Waals surface area contributed by atoms with Gasteiger partial charge < -0.3 is 0 Å². The van der Waals surface area contributed by atoms with E-state index in [-0.39, 0.29) is 5.78 Å². The summed E-state index contributed by atoms with van der Waals surface area (Å²) in [5.41, 5.74) is 2.84. The molecule has 0 atom stereocenters. The van der Waals surface area contributed by atoms with Crippen molar-refractivity contribution in [2.75, 3.05) is 0 Å². The number of benzene rings is 2. The predicted molar refractivity (Wildman–Crippen MR) is 81.1 cm³/mol. The van der Waals surface area contributed by atoms with Crippen molar-refractivity contribution in [2.45, 2.75) is 13.3 Å². The number of rotatable bonds is 3. The van der Waals surface area contributed by atoms with Gasteiger partial charge in [-0.15, -0.1) is 0 Å². The molecule has 2 aromatic rings. The minimum absolute atomic E-state index is 0.123. The van der Waals surface area contributed by atoms with E-state index < -0.39 is 0 Å². The van der Waals surface area contributed by atoms with E-state index >= 15 is 0 Å². The van der Waals surface area contributed by atoms with Crippen LogP contribution in [-0.2, 0) is 6.42 Å². The summed E-state index contributed by atoms with van der Waals surface area (Å²) in [4.78, 5) is 12.3. The average molecular weight is 368 g/mol. The molecule has 0 aliphatic rings. The normalized spacial score (nSPS) is 10.4. The second kappa shape index (κ2) is 5.81. The molecule has 0 saturated heterocycles. The number of Topliss-reactive ketones (excluding diaryl/α,β-unsaturated/α-hetero) is 1. The maximum atomic E-state index is 12.3. The first-order chi connectivity index (χ1) is 8.58. The Bertz CT molecular complexity index is 591.